The van der Waals surface area contributed by atoms with E-state index in [1.54, 1.807) is 6.92 Å². The zero-order valence-electron chi connectivity index (χ0n) is 13.8. The van der Waals surface area contributed by atoms with E-state index in [1.165, 1.54) is 11.9 Å². The molecule has 0 fully saturated rings. The van der Waals surface area contributed by atoms with Gasteiger partial charge in [0.05, 0.1) is 19.7 Å². The van der Waals surface area contributed by atoms with Crippen molar-refractivity contribution in [3.8, 4) is 0 Å². The quantitative estimate of drug-likeness (QED) is 0.409. The third-order valence-electron chi connectivity index (χ3n) is 3.14. The van der Waals surface area contributed by atoms with Crippen molar-refractivity contribution in [2.75, 3.05) is 26.7 Å². The van der Waals surface area contributed by atoms with Crippen LogP contribution in [0.5, 0.6) is 0 Å². The van der Waals surface area contributed by atoms with Gasteiger partial charge in [-0.3, -0.25) is 14.4 Å². The number of rotatable bonds is 9. The number of aliphatic hydroxyl groups is 1. The highest BCUT2D eigenvalue weighted by atomic mass is 16.3. The van der Waals surface area contributed by atoms with Crippen LogP contribution in [-0.4, -0.2) is 66.6 Å². The third-order valence-corrected chi connectivity index (χ3v) is 3.14. The van der Waals surface area contributed by atoms with Gasteiger partial charge in [-0.1, -0.05) is 13.8 Å². The third kappa shape index (κ3) is 7.37. The molecule has 128 valence electrons. The zero-order valence-corrected chi connectivity index (χ0v) is 13.8. The van der Waals surface area contributed by atoms with Gasteiger partial charge in [0.1, 0.15) is 6.04 Å². The number of amides is 3. The average molecular weight is 316 g/mol. The highest BCUT2D eigenvalue weighted by molar-refractivity contribution is 5.90. The molecule has 0 rings (SSSR count). The minimum atomic E-state index is -0.667. The van der Waals surface area contributed by atoms with Crippen LogP contribution in [-0.2, 0) is 14.4 Å². The lowest BCUT2D eigenvalue weighted by Crippen LogP contribution is -2.52. The number of likely N-dealkylation sites (N-methyl/N-ethyl adjacent to an activating group) is 1. The topological polar surface area (TPSA) is 125 Å². The van der Waals surface area contributed by atoms with E-state index >= 15 is 0 Å². The van der Waals surface area contributed by atoms with Crippen molar-refractivity contribution in [1.29, 1.82) is 0 Å². The molecule has 0 saturated carbocycles. The molecular weight excluding hydrogens is 288 g/mol. The molecule has 0 aliphatic carbocycles. The van der Waals surface area contributed by atoms with Crippen LogP contribution < -0.4 is 16.4 Å². The number of aliphatic hydroxyl groups excluding tert-OH is 1. The van der Waals surface area contributed by atoms with Gasteiger partial charge in [0.15, 0.2) is 0 Å². The normalized spacial score (nSPS) is 13.4. The maximum Gasteiger partial charge on any atom is 0.243 e. The predicted octanol–water partition coefficient (Wildman–Crippen LogP) is -1.57. The Bertz CT molecular complexity index is 387. The molecule has 0 heterocycles. The van der Waals surface area contributed by atoms with Crippen molar-refractivity contribution in [3.05, 3.63) is 0 Å². The fourth-order valence-corrected chi connectivity index (χ4v) is 1.86. The summed E-state index contributed by atoms with van der Waals surface area (Å²) in [6.45, 7) is 4.97. The molecule has 5 N–H and O–H groups in total. The van der Waals surface area contributed by atoms with E-state index in [2.05, 4.69) is 10.6 Å². The van der Waals surface area contributed by atoms with Crippen molar-refractivity contribution >= 4 is 17.7 Å². The van der Waals surface area contributed by atoms with E-state index in [0.29, 0.717) is 6.42 Å². The summed E-state index contributed by atoms with van der Waals surface area (Å²) in [5.41, 5.74) is 5.32. The van der Waals surface area contributed by atoms with Gasteiger partial charge >= 0.3 is 0 Å². The number of carbonyl (C=O) groups is 3. The van der Waals surface area contributed by atoms with Crippen molar-refractivity contribution in [2.45, 2.75) is 39.3 Å². The second kappa shape index (κ2) is 10.1. The lowest BCUT2D eigenvalue weighted by Gasteiger charge is -2.28. The molecule has 0 aliphatic rings. The number of carbonyl (C=O) groups excluding carboxylic acids is 3. The highest BCUT2D eigenvalue weighted by Gasteiger charge is 2.27. The van der Waals surface area contributed by atoms with E-state index in [4.69, 9.17) is 10.8 Å². The number of nitrogens with zero attached hydrogens (tertiary/aromatic N) is 1. The van der Waals surface area contributed by atoms with Crippen molar-refractivity contribution < 1.29 is 19.5 Å². The molecular formula is C14H28N4O4. The van der Waals surface area contributed by atoms with Crippen LogP contribution >= 0.6 is 0 Å². The summed E-state index contributed by atoms with van der Waals surface area (Å²) >= 11 is 0. The Kier molecular flexibility index (Phi) is 9.35. The fourth-order valence-electron chi connectivity index (χ4n) is 1.86. The minimum absolute atomic E-state index is 0.174. The van der Waals surface area contributed by atoms with Crippen molar-refractivity contribution in [2.24, 2.45) is 11.7 Å². The van der Waals surface area contributed by atoms with Crippen LogP contribution in [0.4, 0.5) is 0 Å². The summed E-state index contributed by atoms with van der Waals surface area (Å²) in [6, 6.07) is -1.04. The monoisotopic (exact) mass is 316 g/mol. The van der Waals surface area contributed by atoms with Gasteiger partial charge in [-0.15, -0.1) is 0 Å². The molecule has 8 heteroatoms. The summed E-state index contributed by atoms with van der Waals surface area (Å²) < 4.78 is 0. The first-order valence-corrected chi connectivity index (χ1v) is 7.36. The van der Waals surface area contributed by atoms with Gasteiger partial charge in [0.25, 0.3) is 0 Å². The molecule has 0 saturated heterocycles. The largest absolute Gasteiger partial charge is 0.394 e. The van der Waals surface area contributed by atoms with E-state index in [1.807, 2.05) is 13.8 Å². The molecule has 8 nitrogen and oxygen atoms in total. The van der Waals surface area contributed by atoms with E-state index < -0.39 is 17.9 Å². The fraction of sp³-hybridized carbons (Fsp3) is 0.786. The Labute approximate surface area is 131 Å². The molecule has 0 aromatic heterocycles. The molecule has 0 spiro atoms. The van der Waals surface area contributed by atoms with Crippen LogP contribution in [0.15, 0.2) is 0 Å². The average Bonchev–Trinajstić information content (AvgIpc) is 2.48. The van der Waals surface area contributed by atoms with Crippen LogP contribution in [0.3, 0.4) is 0 Å². The SMILES string of the molecule is CC(C)CC(C(=O)NCC(=O)NC(C)CO)N(C)C(=O)CN. The Balaban J connectivity index is 4.64. The van der Waals surface area contributed by atoms with Gasteiger partial charge in [-0.2, -0.15) is 0 Å². The maximum atomic E-state index is 12.2. The predicted molar refractivity (Wildman–Crippen MR) is 82.8 cm³/mol. The molecule has 2 atom stereocenters. The number of hydrogen-bond acceptors (Lipinski definition) is 5. The minimum Gasteiger partial charge on any atom is -0.394 e. The lowest BCUT2D eigenvalue weighted by atomic mass is 10.0. The molecule has 0 aromatic rings. The standard InChI is InChI=1S/C14H28N4O4/c1-9(2)5-11(18(4)13(21)6-15)14(22)16-7-12(20)17-10(3)8-19/h9-11,19H,5-8,15H2,1-4H3,(H,16,22)(H,17,20). The first kappa shape index (κ1) is 20.3. The number of hydrogen-bond donors (Lipinski definition) is 4. The summed E-state index contributed by atoms with van der Waals surface area (Å²) in [5.74, 6) is -0.929. The number of nitrogens with one attached hydrogen (secondary N) is 2. The van der Waals surface area contributed by atoms with Gasteiger partial charge in [0, 0.05) is 13.1 Å². The molecule has 22 heavy (non-hydrogen) atoms. The first-order chi connectivity index (χ1) is 10.2. The van der Waals surface area contributed by atoms with Gasteiger partial charge in [-0.25, -0.2) is 0 Å². The van der Waals surface area contributed by atoms with E-state index in [9.17, 15) is 14.4 Å². The summed E-state index contributed by atoms with van der Waals surface area (Å²) in [7, 11) is 1.52. The number of nitrogens with two attached hydrogens (primary N) is 1. The van der Waals surface area contributed by atoms with Gasteiger partial charge in [0.2, 0.25) is 17.7 Å². The lowest BCUT2D eigenvalue weighted by molar-refractivity contribution is -0.139. The maximum absolute atomic E-state index is 12.2. The smallest absolute Gasteiger partial charge is 0.243 e. The highest BCUT2D eigenvalue weighted by Crippen LogP contribution is 2.10. The molecule has 0 radical (unpaired) electrons. The summed E-state index contributed by atoms with van der Waals surface area (Å²) in [4.78, 5) is 36.8. The second-order valence-corrected chi connectivity index (χ2v) is 5.72. The van der Waals surface area contributed by atoms with Crippen LogP contribution in [0.25, 0.3) is 0 Å². The van der Waals surface area contributed by atoms with Crippen molar-refractivity contribution in [1.82, 2.24) is 15.5 Å². The van der Waals surface area contributed by atoms with E-state index in [0.717, 1.165) is 0 Å². The van der Waals surface area contributed by atoms with Crippen LogP contribution in [0.1, 0.15) is 27.2 Å². The molecule has 2 unspecified atom stereocenters. The summed E-state index contributed by atoms with van der Waals surface area (Å²) in [6.07, 6.45) is 0.475. The van der Waals surface area contributed by atoms with Crippen molar-refractivity contribution in [3.63, 3.8) is 0 Å². The molecule has 0 aromatic carbocycles. The Morgan fingerprint density at radius 3 is 2.27 bits per heavy atom. The van der Waals surface area contributed by atoms with Crippen LogP contribution in [0, 0.1) is 5.92 Å². The summed E-state index contributed by atoms with van der Waals surface area (Å²) in [5, 5.41) is 13.9. The van der Waals surface area contributed by atoms with E-state index in [-0.39, 0.29) is 37.6 Å². The van der Waals surface area contributed by atoms with Gasteiger partial charge < -0.3 is 26.4 Å². The Hall–Kier alpha value is -1.67. The Morgan fingerprint density at radius 1 is 1.23 bits per heavy atom. The zero-order chi connectivity index (χ0) is 17.3. The molecule has 0 bridgehead atoms. The molecule has 0 aliphatic heterocycles. The second-order valence-electron chi connectivity index (χ2n) is 5.72. The Morgan fingerprint density at radius 2 is 1.82 bits per heavy atom. The first-order valence-electron chi connectivity index (χ1n) is 7.36. The van der Waals surface area contributed by atoms with Crippen LogP contribution in [0.2, 0.25) is 0 Å². The molecule has 3 amide bonds. The van der Waals surface area contributed by atoms with Gasteiger partial charge in [-0.05, 0) is 19.3 Å².